The normalized spacial score (nSPS) is 19.5. The highest BCUT2D eigenvalue weighted by Crippen LogP contribution is 2.49. The van der Waals surface area contributed by atoms with Crippen LogP contribution in [0.3, 0.4) is 0 Å². The zero-order valence-corrected chi connectivity index (χ0v) is 13.1. The van der Waals surface area contributed by atoms with E-state index in [1.165, 1.54) is 0 Å². The third-order valence-corrected chi connectivity index (χ3v) is 4.40. The Morgan fingerprint density at radius 3 is 2.64 bits per heavy atom. The van der Waals surface area contributed by atoms with Crippen LogP contribution in [0.1, 0.15) is 23.5 Å². The van der Waals surface area contributed by atoms with Gasteiger partial charge in [-0.3, -0.25) is 4.79 Å². The second-order valence-electron chi connectivity index (χ2n) is 5.54. The molecule has 4 heteroatoms. The van der Waals surface area contributed by atoms with Crippen LogP contribution < -0.4 is 10.1 Å². The highest BCUT2D eigenvalue weighted by atomic mass is 35.5. The van der Waals surface area contributed by atoms with Crippen molar-refractivity contribution in [2.45, 2.75) is 18.9 Å². The number of carbonyl (C=O) groups excluding carboxylic acids is 1. The van der Waals surface area contributed by atoms with Gasteiger partial charge in [0.05, 0.1) is 7.11 Å². The number of carbonyl (C=O) groups is 1. The summed E-state index contributed by atoms with van der Waals surface area (Å²) in [6.07, 6.45) is 0.873. The van der Waals surface area contributed by atoms with Crippen LogP contribution in [0.5, 0.6) is 5.75 Å². The smallest absolute Gasteiger partial charge is 0.224 e. The standard InChI is InChI=1S/C18H18ClNO2/c1-22-13-8-6-12(7-9-13)11-20-18(21)16-10-15(16)14-4-2-3-5-17(14)19/h2-9,15-16H,10-11H2,1H3,(H,20,21). The van der Waals surface area contributed by atoms with Crippen molar-refractivity contribution >= 4 is 17.5 Å². The van der Waals surface area contributed by atoms with Crippen molar-refractivity contribution in [1.29, 1.82) is 0 Å². The highest BCUT2D eigenvalue weighted by Gasteiger charge is 2.44. The lowest BCUT2D eigenvalue weighted by atomic mass is 10.1. The van der Waals surface area contributed by atoms with Crippen molar-refractivity contribution in [3.63, 3.8) is 0 Å². The molecule has 0 aromatic heterocycles. The van der Waals surface area contributed by atoms with Crippen molar-refractivity contribution < 1.29 is 9.53 Å². The Labute approximate surface area is 135 Å². The number of hydrogen-bond acceptors (Lipinski definition) is 2. The topological polar surface area (TPSA) is 38.3 Å². The van der Waals surface area contributed by atoms with Gasteiger partial charge >= 0.3 is 0 Å². The molecule has 0 bridgehead atoms. The Morgan fingerprint density at radius 2 is 1.95 bits per heavy atom. The van der Waals surface area contributed by atoms with Gasteiger partial charge in [0.2, 0.25) is 5.91 Å². The molecule has 0 radical (unpaired) electrons. The molecule has 0 aliphatic heterocycles. The van der Waals surface area contributed by atoms with Crippen molar-refractivity contribution in [3.05, 3.63) is 64.7 Å². The summed E-state index contributed by atoms with van der Waals surface area (Å²) in [5.74, 6) is 1.21. The lowest BCUT2D eigenvalue weighted by molar-refractivity contribution is -0.122. The third kappa shape index (κ3) is 3.25. The van der Waals surface area contributed by atoms with E-state index >= 15 is 0 Å². The van der Waals surface area contributed by atoms with E-state index < -0.39 is 0 Å². The Kier molecular flexibility index (Phi) is 4.34. The Balaban J connectivity index is 1.54. The summed E-state index contributed by atoms with van der Waals surface area (Å²) in [5.41, 5.74) is 2.14. The first-order chi connectivity index (χ1) is 10.7. The first kappa shape index (κ1) is 14.9. The van der Waals surface area contributed by atoms with E-state index in [4.69, 9.17) is 16.3 Å². The highest BCUT2D eigenvalue weighted by molar-refractivity contribution is 6.31. The second-order valence-corrected chi connectivity index (χ2v) is 5.94. The van der Waals surface area contributed by atoms with E-state index in [0.29, 0.717) is 6.54 Å². The van der Waals surface area contributed by atoms with Gasteiger partial charge in [0.25, 0.3) is 0 Å². The molecule has 3 rings (SSSR count). The first-order valence-electron chi connectivity index (χ1n) is 7.34. The Bertz CT molecular complexity index is 669. The summed E-state index contributed by atoms with van der Waals surface area (Å²) >= 11 is 6.19. The van der Waals surface area contributed by atoms with Crippen LogP contribution in [0, 0.1) is 5.92 Å². The molecule has 2 atom stereocenters. The van der Waals surface area contributed by atoms with Gasteiger partial charge < -0.3 is 10.1 Å². The Morgan fingerprint density at radius 1 is 1.23 bits per heavy atom. The van der Waals surface area contributed by atoms with Crippen LogP contribution in [-0.4, -0.2) is 13.0 Å². The first-order valence-corrected chi connectivity index (χ1v) is 7.72. The van der Waals surface area contributed by atoms with Gasteiger partial charge in [0, 0.05) is 17.5 Å². The van der Waals surface area contributed by atoms with Crippen LogP contribution in [0.4, 0.5) is 0 Å². The molecule has 3 nitrogen and oxygen atoms in total. The average Bonchev–Trinajstić information content (AvgIpc) is 3.34. The molecule has 1 saturated carbocycles. The van der Waals surface area contributed by atoms with Crippen LogP contribution in [-0.2, 0) is 11.3 Å². The summed E-state index contributed by atoms with van der Waals surface area (Å²) in [4.78, 5) is 12.2. The number of ether oxygens (including phenoxy) is 1. The van der Waals surface area contributed by atoms with Gasteiger partial charge in [-0.1, -0.05) is 41.9 Å². The molecular formula is C18H18ClNO2. The lowest BCUT2D eigenvalue weighted by Gasteiger charge is -2.07. The number of halogens is 1. The molecule has 2 aromatic carbocycles. The van der Waals surface area contributed by atoms with Gasteiger partial charge in [-0.25, -0.2) is 0 Å². The largest absolute Gasteiger partial charge is 0.497 e. The number of benzene rings is 2. The molecule has 2 aromatic rings. The number of nitrogens with one attached hydrogen (secondary N) is 1. The minimum atomic E-state index is 0.0400. The number of amides is 1. The van der Waals surface area contributed by atoms with E-state index in [9.17, 15) is 4.79 Å². The second kappa shape index (κ2) is 6.41. The number of methoxy groups -OCH3 is 1. The minimum absolute atomic E-state index is 0.0400. The van der Waals surface area contributed by atoms with Gasteiger partial charge in [0.15, 0.2) is 0 Å². The Hall–Kier alpha value is -2.00. The molecule has 0 spiro atoms. The zero-order chi connectivity index (χ0) is 15.5. The third-order valence-electron chi connectivity index (χ3n) is 4.06. The maximum absolute atomic E-state index is 12.2. The van der Waals surface area contributed by atoms with Crippen molar-refractivity contribution in [1.82, 2.24) is 5.32 Å². The summed E-state index contributed by atoms with van der Waals surface area (Å²) in [6, 6.07) is 15.5. The fourth-order valence-electron chi connectivity index (χ4n) is 2.67. The number of hydrogen-bond donors (Lipinski definition) is 1. The lowest BCUT2D eigenvalue weighted by Crippen LogP contribution is -2.24. The van der Waals surface area contributed by atoms with E-state index in [1.807, 2.05) is 48.5 Å². The van der Waals surface area contributed by atoms with E-state index in [2.05, 4.69) is 5.32 Å². The average molecular weight is 316 g/mol. The molecule has 0 heterocycles. The maximum Gasteiger partial charge on any atom is 0.224 e. The summed E-state index contributed by atoms with van der Waals surface area (Å²) in [6.45, 7) is 0.536. The van der Waals surface area contributed by atoms with Crippen LogP contribution in [0.25, 0.3) is 0 Å². The quantitative estimate of drug-likeness (QED) is 0.912. The summed E-state index contributed by atoms with van der Waals surface area (Å²) in [7, 11) is 1.64. The molecule has 114 valence electrons. The molecule has 0 saturated heterocycles. The fraction of sp³-hybridized carbons (Fsp3) is 0.278. The minimum Gasteiger partial charge on any atom is -0.497 e. The van der Waals surface area contributed by atoms with E-state index in [-0.39, 0.29) is 17.7 Å². The summed E-state index contributed by atoms with van der Waals surface area (Å²) in [5, 5.41) is 3.74. The van der Waals surface area contributed by atoms with Crippen molar-refractivity contribution in [3.8, 4) is 5.75 Å². The van der Waals surface area contributed by atoms with Crippen molar-refractivity contribution in [2.24, 2.45) is 5.92 Å². The predicted octanol–water partition coefficient (Wildman–Crippen LogP) is 3.77. The van der Waals surface area contributed by atoms with Gasteiger partial charge in [-0.2, -0.15) is 0 Å². The van der Waals surface area contributed by atoms with Crippen molar-refractivity contribution in [2.75, 3.05) is 7.11 Å². The fourth-order valence-corrected chi connectivity index (χ4v) is 2.94. The SMILES string of the molecule is COc1ccc(CNC(=O)C2CC2c2ccccc2Cl)cc1. The molecule has 2 unspecified atom stereocenters. The predicted molar refractivity (Wildman–Crippen MR) is 87.1 cm³/mol. The molecule has 1 amide bonds. The summed E-state index contributed by atoms with van der Waals surface area (Å²) < 4.78 is 5.12. The van der Waals surface area contributed by atoms with Gasteiger partial charge in [0.1, 0.15) is 5.75 Å². The molecule has 22 heavy (non-hydrogen) atoms. The number of rotatable bonds is 5. The zero-order valence-electron chi connectivity index (χ0n) is 12.4. The van der Waals surface area contributed by atoms with Gasteiger partial charge in [-0.15, -0.1) is 0 Å². The molecular weight excluding hydrogens is 298 g/mol. The van der Waals surface area contributed by atoms with Crippen LogP contribution in [0.2, 0.25) is 5.02 Å². The maximum atomic E-state index is 12.2. The monoisotopic (exact) mass is 315 g/mol. The van der Waals surface area contributed by atoms with Crippen LogP contribution in [0.15, 0.2) is 48.5 Å². The molecule has 1 aliphatic rings. The molecule has 1 N–H and O–H groups in total. The molecule has 1 fully saturated rings. The van der Waals surface area contributed by atoms with Gasteiger partial charge in [-0.05, 0) is 41.7 Å². The molecule has 1 aliphatic carbocycles. The van der Waals surface area contributed by atoms with Crippen LogP contribution >= 0.6 is 11.6 Å². The van der Waals surface area contributed by atoms with E-state index in [0.717, 1.165) is 28.3 Å². The van der Waals surface area contributed by atoms with E-state index in [1.54, 1.807) is 7.11 Å².